The first-order valence-corrected chi connectivity index (χ1v) is 11.6. The summed E-state index contributed by atoms with van der Waals surface area (Å²) in [4.78, 5) is 4.55. The lowest BCUT2D eigenvalue weighted by Gasteiger charge is -2.30. The molecule has 1 aliphatic rings. The predicted molar refractivity (Wildman–Crippen MR) is 131 cm³/mol. The highest BCUT2D eigenvalue weighted by Gasteiger charge is 2.23. The lowest BCUT2D eigenvalue weighted by Crippen LogP contribution is -2.34. The van der Waals surface area contributed by atoms with E-state index in [4.69, 9.17) is 23.2 Å². The van der Waals surface area contributed by atoms with Crippen LogP contribution in [0.5, 0.6) is 0 Å². The van der Waals surface area contributed by atoms with Crippen LogP contribution >= 0.6 is 23.2 Å². The van der Waals surface area contributed by atoms with E-state index >= 15 is 0 Å². The summed E-state index contributed by atoms with van der Waals surface area (Å²) in [5.74, 6) is 0.606. The van der Waals surface area contributed by atoms with Gasteiger partial charge in [-0.05, 0) is 74.7 Å². The highest BCUT2D eigenvalue weighted by atomic mass is 35.5. The molecule has 4 aromatic rings. The second-order valence-electron chi connectivity index (χ2n) is 8.43. The molecule has 1 N–H and O–H groups in total. The van der Waals surface area contributed by atoms with E-state index in [1.54, 1.807) is 0 Å². The van der Waals surface area contributed by atoms with Crippen LogP contribution in [0, 0.1) is 5.92 Å². The first-order chi connectivity index (χ1) is 15.1. The Balaban J connectivity index is 1.60. The Kier molecular flexibility index (Phi) is 5.75. The fourth-order valence-electron chi connectivity index (χ4n) is 4.70. The normalized spacial score (nSPS) is 17.7. The molecular weight excluding hydrogens is 425 g/mol. The fraction of sp³-hybridized carbons (Fsp3) is 0.269. The lowest BCUT2D eigenvalue weighted by molar-refractivity contribution is 0.284. The summed E-state index contributed by atoms with van der Waals surface area (Å²) in [6.07, 6.45) is 8.61. The second-order valence-corrected chi connectivity index (χ2v) is 9.30. The van der Waals surface area contributed by atoms with Crippen LogP contribution in [-0.2, 0) is 0 Å². The van der Waals surface area contributed by atoms with Gasteiger partial charge in [0.15, 0.2) is 0 Å². The third-order valence-electron chi connectivity index (χ3n) is 6.48. The summed E-state index contributed by atoms with van der Waals surface area (Å²) in [5, 5.41) is 6.26. The molecule has 0 bridgehead atoms. The molecule has 5 heteroatoms. The molecule has 31 heavy (non-hydrogen) atoms. The Morgan fingerprint density at radius 2 is 1.74 bits per heavy atom. The van der Waals surface area contributed by atoms with Gasteiger partial charge in [-0.15, -0.1) is 0 Å². The quantitative estimate of drug-likeness (QED) is 0.355. The van der Waals surface area contributed by atoms with Gasteiger partial charge >= 0.3 is 0 Å². The number of rotatable bonds is 4. The zero-order valence-corrected chi connectivity index (χ0v) is 19.0. The number of fused-ring (bicyclic) bond motifs is 1. The van der Waals surface area contributed by atoms with Crippen molar-refractivity contribution in [3.8, 4) is 22.3 Å². The van der Waals surface area contributed by atoms with E-state index < -0.39 is 0 Å². The van der Waals surface area contributed by atoms with Crippen LogP contribution in [0.15, 0.2) is 67.1 Å². The highest BCUT2D eigenvalue weighted by molar-refractivity contribution is 6.31. The summed E-state index contributed by atoms with van der Waals surface area (Å²) in [7, 11) is 0. The molecule has 2 atom stereocenters. The number of aromatic nitrogens is 2. The zero-order valence-electron chi connectivity index (χ0n) is 17.5. The van der Waals surface area contributed by atoms with Gasteiger partial charge < -0.3 is 9.88 Å². The maximum Gasteiger partial charge on any atom is 0.0504 e. The van der Waals surface area contributed by atoms with E-state index in [0.717, 1.165) is 39.8 Å². The van der Waals surface area contributed by atoms with E-state index in [-0.39, 0.29) is 0 Å². The van der Waals surface area contributed by atoms with Crippen LogP contribution in [0.25, 0.3) is 33.2 Å². The molecule has 3 heterocycles. The van der Waals surface area contributed by atoms with E-state index in [1.807, 2.05) is 42.7 Å². The third-order valence-corrected chi connectivity index (χ3v) is 6.97. The SMILES string of the molecule is CC(C1CCCNC1)n1cc(-c2cncc(-c3ccc(Cl)cc3)c2)c2ccc(Cl)cc21. The van der Waals surface area contributed by atoms with Crippen molar-refractivity contribution in [2.75, 3.05) is 13.1 Å². The van der Waals surface area contributed by atoms with Gasteiger partial charge in [-0.2, -0.15) is 0 Å². The van der Waals surface area contributed by atoms with Crippen molar-refractivity contribution in [2.24, 2.45) is 5.92 Å². The molecule has 2 unspecified atom stereocenters. The van der Waals surface area contributed by atoms with Gasteiger partial charge in [-0.25, -0.2) is 0 Å². The van der Waals surface area contributed by atoms with Gasteiger partial charge in [-0.3, -0.25) is 4.98 Å². The monoisotopic (exact) mass is 449 g/mol. The number of benzene rings is 2. The smallest absolute Gasteiger partial charge is 0.0504 e. The molecule has 1 fully saturated rings. The molecule has 2 aromatic carbocycles. The van der Waals surface area contributed by atoms with Crippen LogP contribution in [0.1, 0.15) is 25.8 Å². The zero-order chi connectivity index (χ0) is 21.4. The maximum absolute atomic E-state index is 6.41. The molecular formula is C26H25Cl2N3. The number of piperidine rings is 1. The van der Waals surface area contributed by atoms with Gasteiger partial charge in [0.2, 0.25) is 0 Å². The van der Waals surface area contributed by atoms with Crippen molar-refractivity contribution < 1.29 is 0 Å². The van der Waals surface area contributed by atoms with Crippen molar-refractivity contribution in [1.82, 2.24) is 14.9 Å². The van der Waals surface area contributed by atoms with Crippen LogP contribution in [0.3, 0.4) is 0 Å². The summed E-state index contributed by atoms with van der Waals surface area (Å²) >= 11 is 12.5. The van der Waals surface area contributed by atoms with Crippen LogP contribution in [-0.4, -0.2) is 22.6 Å². The Morgan fingerprint density at radius 1 is 0.968 bits per heavy atom. The molecule has 1 aliphatic heterocycles. The molecule has 5 rings (SSSR count). The van der Waals surface area contributed by atoms with E-state index in [0.29, 0.717) is 12.0 Å². The molecule has 0 radical (unpaired) electrons. The van der Waals surface area contributed by atoms with Crippen LogP contribution in [0.4, 0.5) is 0 Å². The number of hydrogen-bond acceptors (Lipinski definition) is 2. The highest BCUT2D eigenvalue weighted by Crippen LogP contribution is 2.37. The van der Waals surface area contributed by atoms with E-state index in [1.165, 1.54) is 29.3 Å². The Bertz CT molecular complexity index is 1210. The first-order valence-electron chi connectivity index (χ1n) is 10.8. The summed E-state index contributed by atoms with van der Waals surface area (Å²) < 4.78 is 2.41. The molecule has 0 spiro atoms. The average Bonchev–Trinajstić information content (AvgIpc) is 3.18. The van der Waals surface area contributed by atoms with Crippen molar-refractivity contribution in [1.29, 1.82) is 0 Å². The largest absolute Gasteiger partial charge is 0.344 e. The minimum atomic E-state index is 0.384. The van der Waals surface area contributed by atoms with Crippen molar-refractivity contribution in [3.63, 3.8) is 0 Å². The minimum Gasteiger partial charge on any atom is -0.344 e. The summed E-state index contributed by atoms with van der Waals surface area (Å²) in [6.45, 7) is 4.50. The Morgan fingerprint density at radius 3 is 2.52 bits per heavy atom. The number of hydrogen-bond donors (Lipinski definition) is 1. The van der Waals surface area contributed by atoms with Crippen molar-refractivity contribution >= 4 is 34.1 Å². The molecule has 0 saturated carbocycles. The molecule has 0 amide bonds. The minimum absolute atomic E-state index is 0.384. The number of nitrogens with one attached hydrogen (secondary N) is 1. The number of halogens is 2. The number of pyridine rings is 1. The Hall–Kier alpha value is -2.33. The average molecular weight is 450 g/mol. The van der Waals surface area contributed by atoms with Crippen LogP contribution < -0.4 is 5.32 Å². The Labute approximate surface area is 193 Å². The molecule has 158 valence electrons. The van der Waals surface area contributed by atoms with E-state index in [9.17, 15) is 0 Å². The standard InChI is InChI=1S/C26H25Cl2N3/c1-17(19-3-2-10-29-13-19)31-16-25(24-9-8-23(28)12-26(24)31)21-11-20(14-30-15-21)18-4-6-22(27)7-5-18/h4-9,11-12,14-17,19,29H,2-3,10,13H2,1H3. The van der Waals surface area contributed by atoms with Gasteiger partial charge in [0.05, 0.1) is 5.52 Å². The first kappa shape index (κ1) is 20.6. The van der Waals surface area contributed by atoms with Gasteiger partial charge in [0.25, 0.3) is 0 Å². The third kappa shape index (κ3) is 4.10. The van der Waals surface area contributed by atoms with Crippen molar-refractivity contribution in [2.45, 2.75) is 25.8 Å². The van der Waals surface area contributed by atoms with Gasteiger partial charge in [0.1, 0.15) is 0 Å². The predicted octanol–water partition coefficient (Wildman–Crippen LogP) is 7.24. The summed E-state index contributed by atoms with van der Waals surface area (Å²) in [5.41, 5.74) is 5.65. The van der Waals surface area contributed by atoms with Gasteiger partial charge in [-0.1, -0.05) is 41.4 Å². The number of nitrogens with zero attached hydrogens (tertiary/aromatic N) is 2. The molecule has 2 aromatic heterocycles. The van der Waals surface area contributed by atoms with Crippen molar-refractivity contribution in [3.05, 3.63) is 77.2 Å². The molecule has 0 aliphatic carbocycles. The second kappa shape index (κ2) is 8.66. The fourth-order valence-corrected chi connectivity index (χ4v) is 4.99. The van der Waals surface area contributed by atoms with Gasteiger partial charge in [0, 0.05) is 56.8 Å². The summed E-state index contributed by atoms with van der Waals surface area (Å²) in [6, 6.07) is 16.7. The molecule has 3 nitrogen and oxygen atoms in total. The van der Waals surface area contributed by atoms with E-state index in [2.05, 4.69) is 46.2 Å². The lowest BCUT2D eigenvalue weighted by atomic mass is 9.92. The topological polar surface area (TPSA) is 29.9 Å². The van der Waals surface area contributed by atoms with Crippen LogP contribution in [0.2, 0.25) is 10.0 Å². The molecule has 1 saturated heterocycles. The maximum atomic E-state index is 6.41.